The summed E-state index contributed by atoms with van der Waals surface area (Å²) in [5.41, 5.74) is -0.0654. The number of hydrogen-bond acceptors (Lipinski definition) is 4. The predicted molar refractivity (Wildman–Crippen MR) is 130 cm³/mol. The van der Waals surface area contributed by atoms with Crippen LogP contribution < -0.4 is 15.3 Å². The molecule has 0 spiro atoms. The zero-order valence-corrected chi connectivity index (χ0v) is 21.9. The second-order valence-corrected chi connectivity index (χ2v) is 11.9. The number of aryl methyl sites for hydroxylation is 1. The largest absolute Gasteiger partial charge is 0.392 e. The molecule has 8 heteroatoms. The van der Waals surface area contributed by atoms with Crippen LogP contribution in [-0.2, 0) is 16.8 Å². The molecule has 1 aliphatic rings. The van der Waals surface area contributed by atoms with E-state index < -0.39 is 16.9 Å². The topological polar surface area (TPSA) is 95.7 Å². The molecule has 1 saturated carbocycles. The third-order valence-electron chi connectivity index (χ3n) is 6.96. The van der Waals surface area contributed by atoms with E-state index in [4.69, 9.17) is 0 Å². The fraction of sp³-hybridized carbons (Fsp3) is 0.792. The average molecular weight is 467 g/mol. The van der Waals surface area contributed by atoms with Crippen molar-refractivity contribution >= 4 is 23.5 Å². The molecule has 32 heavy (non-hydrogen) atoms. The Labute approximate surface area is 196 Å². The number of urea groups is 1. The van der Waals surface area contributed by atoms with Gasteiger partial charge in [-0.2, -0.15) is 0 Å². The van der Waals surface area contributed by atoms with Crippen LogP contribution in [0, 0.1) is 10.8 Å². The first kappa shape index (κ1) is 26.6. The molecule has 0 saturated heterocycles. The zero-order valence-electron chi connectivity index (χ0n) is 21.0. The lowest BCUT2D eigenvalue weighted by molar-refractivity contribution is -0.131. The molecule has 0 bridgehead atoms. The van der Waals surface area contributed by atoms with Crippen LogP contribution in [0.15, 0.2) is 11.2 Å². The molecule has 1 aliphatic carbocycles. The van der Waals surface area contributed by atoms with Gasteiger partial charge in [0.15, 0.2) is 0 Å². The van der Waals surface area contributed by atoms with Crippen molar-refractivity contribution in [2.24, 2.45) is 15.8 Å². The first-order valence-electron chi connectivity index (χ1n) is 11.8. The number of rotatable bonds is 7. The number of nitrogens with one attached hydrogen (secondary N) is 2. The van der Waals surface area contributed by atoms with Gasteiger partial charge in [-0.15, -0.1) is 0 Å². The Balaban J connectivity index is 2.29. The Kier molecular flexibility index (Phi) is 8.37. The quantitative estimate of drug-likeness (QED) is 0.568. The lowest BCUT2D eigenvalue weighted by atomic mass is 9.67. The summed E-state index contributed by atoms with van der Waals surface area (Å²) in [6, 6.07) is -0.466. The maximum absolute atomic E-state index is 13.6. The van der Waals surface area contributed by atoms with Crippen molar-refractivity contribution < 1.29 is 14.7 Å². The fourth-order valence-electron chi connectivity index (χ4n) is 4.14. The third-order valence-corrected chi connectivity index (χ3v) is 8.33. The molecule has 182 valence electrons. The highest BCUT2D eigenvalue weighted by molar-refractivity contribution is 7.04. The normalized spacial score (nSPS) is 24.4. The number of aliphatic hydroxyl groups is 1. The van der Waals surface area contributed by atoms with E-state index >= 15 is 0 Å². The van der Waals surface area contributed by atoms with E-state index in [-0.39, 0.29) is 30.1 Å². The van der Waals surface area contributed by atoms with Gasteiger partial charge >= 0.3 is 6.03 Å². The SMILES string of the molecule is CCCCc1cn(C(C)(C)C)sc1=NC(=O)[C@]1(C)CC[C@H](NC(=O)NC[C@@H](C)O)C1(C)C. The van der Waals surface area contributed by atoms with Crippen LogP contribution in [0.5, 0.6) is 0 Å². The van der Waals surface area contributed by atoms with E-state index in [1.54, 1.807) is 18.5 Å². The summed E-state index contributed by atoms with van der Waals surface area (Å²) in [4.78, 5) is 30.5. The van der Waals surface area contributed by atoms with Crippen LogP contribution in [0.3, 0.4) is 0 Å². The summed E-state index contributed by atoms with van der Waals surface area (Å²) in [7, 11) is 0. The van der Waals surface area contributed by atoms with Gasteiger partial charge in [0.2, 0.25) is 0 Å². The molecular formula is C24H42N4O3S. The van der Waals surface area contributed by atoms with Gasteiger partial charge in [-0.3, -0.25) is 8.75 Å². The molecule has 3 atom stereocenters. The zero-order chi connectivity index (χ0) is 24.3. The second-order valence-electron chi connectivity index (χ2n) is 10.9. The van der Waals surface area contributed by atoms with Gasteiger partial charge in [0.1, 0.15) is 4.67 Å². The highest BCUT2D eigenvalue weighted by Crippen LogP contribution is 2.53. The minimum Gasteiger partial charge on any atom is -0.392 e. The first-order valence-corrected chi connectivity index (χ1v) is 12.5. The van der Waals surface area contributed by atoms with Gasteiger partial charge in [-0.1, -0.05) is 34.1 Å². The highest BCUT2D eigenvalue weighted by atomic mass is 32.1. The van der Waals surface area contributed by atoms with Gasteiger partial charge in [-0.05, 0) is 70.3 Å². The van der Waals surface area contributed by atoms with Crippen LogP contribution in [-0.4, -0.2) is 39.7 Å². The Morgan fingerprint density at radius 3 is 2.56 bits per heavy atom. The number of amides is 3. The van der Waals surface area contributed by atoms with Crippen LogP contribution >= 0.6 is 11.5 Å². The number of nitrogens with zero attached hydrogens (tertiary/aromatic N) is 2. The summed E-state index contributed by atoms with van der Waals surface area (Å²) in [6.45, 7) is 16.5. The van der Waals surface area contributed by atoms with Crippen LogP contribution in [0.4, 0.5) is 4.79 Å². The van der Waals surface area contributed by atoms with E-state index in [2.05, 4.69) is 53.5 Å². The fourth-order valence-corrected chi connectivity index (χ4v) is 5.17. The number of carbonyl (C=O) groups is 2. The van der Waals surface area contributed by atoms with Gasteiger partial charge in [0.25, 0.3) is 5.91 Å². The second kappa shape index (κ2) is 10.1. The molecule has 0 radical (unpaired) electrons. The lowest BCUT2D eigenvalue weighted by Gasteiger charge is -2.39. The van der Waals surface area contributed by atoms with Gasteiger partial charge < -0.3 is 15.7 Å². The maximum Gasteiger partial charge on any atom is 0.315 e. The highest BCUT2D eigenvalue weighted by Gasteiger charge is 2.56. The molecule has 2 rings (SSSR count). The maximum atomic E-state index is 13.6. The molecule has 1 aromatic rings. The summed E-state index contributed by atoms with van der Waals surface area (Å²) in [5.74, 6) is -0.114. The summed E-state index contributed by atoms with van der Waals surface area (Å²) < 4.78 is 2.99. The van der Waals surface area contributed by atoms with E-state index in [1.165, 1.54) is 0 Å². The van der Waals surface area contributed by atoms with Crippen molar-refractivity contribution in [2.75, 3.05) is 6.54 Å². The van der Waals surface area contributed by atoms with Crippen LogP contribution in [0.1, 0.15) is 86.6 Å². The monoisotopic (exact) mass is 466 g/mol. The number of aliphatic hydroxyl groups excluding tert-OH is 1. The van der Waals surface area contributed by atoms with Crippen molar-refractivity contribution in [3.63, 3.8) is 0 Å². The van der Waals surface area contributed by atoms with Crippen molar-refractivity contribution in [2.45, 2.75) is 105 Å². The Morgan fingerprint density at radius 2 is 2.00 bits per heavy atom. The summed E-state index contributed by atoms with van der Waals surface area (Å²) in [5, 5.41) is 15.1. The molecule has 7 nitrogen and oxygen atoms in total. The average Bonchev–Trinajstić information content (AvgIpc) is 3.19. The summed E-state index contributed by atoms with van der Waals surface area (Å²) in [6.07, 6.45) is 5.98. The van der Waals surface area contributed by atoms with E-state index in [9.17, 15) is 14.7 Å². The number of aromatic nitrogens is 1. The molecule has 1 fully saturated rings. The Hall–Kier alpha value is -1.67. The minimum absolute atomic E-state index is 0.0621. The molecule has 3 N–H and O–H groups in total. The Morgan fingerprint density at radius 1 is 1.34 bits per heavy atom. The number of hydrogen-bond donors (Lipinski definition) is 3. The van der Waals surface area contributed by atoms with Gasteiger partial charge in [0, 0.05) is 29.9 Å². The van der Waals surface area contributed by atoms with Gasteiger partial charge in [-0.25, -0.2) is 9.79 Å². The minimum atomic E-state index is -0.673. The van der Waals surface area contributed by atoms with Gasteiger partial charge in [0.05, 0.1) is 11.5 Å². The van der Waals surface area contributed by atoms with Crippen molar-refractivity contribution in [1.82, 2.24) is 14.6 Å². The molecule has 0 unspecified atom stereocenters. The van der Waals surface area contributed by atoms with Crippen molar-refractivity contribution in [1.29, 1.82) is 0 Å². The lowest BCUT2D eigenvalue weighted by Crippen LogP contribution is -2.52. The molecule has 0 aliphatic heterocycles. The third kappa shape index (κ3) is 5.81. The molecule has 0 aromatic carbocycles. The molecule has 1 aromatic heterocycles. The van der Waals surface area contributed by atoms with E-state index in [0.29, 0.717) is 12.8 Å². The van der Waals surface area contributed by atoms with E-state index in [0.717, 1.165) is 29.5 Å². The summed E-state index contributed by atoms with van der Waals surface area (Å²) >= 11 is 1.55. The smallest absolute Gasteiger partial charge is 0.315 e. The Bertz CT molecular complexity index is 879. The number of unbranched alkanes of at least 4 members (excludes halogenated alkanes) is 1. The van der Waals surface area contributed by atoms with Crippen molar-refractivity contribution in [3.05, 3.63) is 16.4 Å². The van der Waals surface area contributed by atoms with Crippen LogP contribution in [0.2, 0.25) is 0 Å². The molecular weight excluding hydrogens is 424 g/mol. The molecule has 1 heterocycles. The first-order chi connectivity index (χ1) is 14.7. The predicted octanol–water partition coefficient (Wildman–Crippen LogP) is 3.95. The van der Waals surface area contributed by atoms with E-state index in [1.807, 2.05) is 20.8 Å². The van der Waals surface area contributed by atoms with Crippen LogP contribution in [0.25, 0.3) is 0 Å². The van der Waals surface area contributed by atoms with Crippen molar-refractivity contribution in [3.8, 4) is 0 Å². The molecule has 3 amide bonds. The standard InChI is InChI=1S/C24H42N4O3S/c1-9-10-11-17-15-28(22(3,4)5)32-19(17)27-20(30)24(8)13-12-18(23(24,6)7)26-21(31)25-14-16(2)29/h15-16,18,29H,9-14H2,1-8H3,(H2,25,26,31)/t16-,18+,24+/m1/s1. The number of carbonyl (C=O) groups excluding carboxylic acids is 2.